The lowest BCUT2D eigenvalue weighted by Gasteiger charge is -2.13. The van der Waals surface area contributed by atoms with Gasteiger partial charge in [-0.15, -0.1) is 11.3 Å². The highest BCUT2D eigenvalue weighted by Gasteiger charge is 2.28. The fourth-order valence-corrected chi connectivity index (χ4v) is 4.36. The third kappa shape index (κ3) is 4.90. The molecule has 0 bridgehead atoms. The summed E-state index contributed by atoms with van der Waals surface area (Å²) in [6.45, 7) is 2.68. The number of aromatic nitrogens is 3. The van der Waals surface area contributed by atoms with Gasteiger partial charge in [0.15, 0.2) is 0 Å². The van der Waals surface area contributed by atoms with Crippen molar-refractivity contribution in [1.29, 1.82) is 0 Å². The normalized spacial score (nSPS) is 13.7. The van der Waals surface area contributed by atoms with Crippen LogP contribution in [-0.4, -0.2) is 27.0 Å². The first-order valence-corrected chi connectivity index (χ1v) is 11.2. The van der Waals surface area contributed by atoms with Crippen LogP contribution in [0, 0.1) is 6.92 Å². The molecule has 0 saturated heterocycles. The summed E-state index contributed by atoms with van der Waals surface area (Å²) in [5.41, 5.74) is 1.80. The molecule has 4 rings (SSSR count). The third-order valence-electron chi connectivity index (χ3n) is 5.17. The van der Waals surface area contributed by atoms with Crippen LogP contribution in [0.1, 0.15) is 54.7 Å². The van der Waals surface area contributed by atoms with Gasteiger partial charge < -0.3 is 5.32 Å². The van der Waals surface area contributed by atoms with Crippen molar-refractivity contribution < 1.29 is 4.79 Å². The first-order chi connectivity index (χ1) is 14.1. The second-order valence-electron chi connectivity index (χ2n) is 7.64. The summed E-state index contributed by atoms with van der Waals surface area (Å²) in [6.07, 6.45) is 5.77. The van der Waals surface area contributed by atoms with Crippen molar-refractivity contribution in [2.24, 2.45) is 0 Å². The van der Waals surface area contributed by atoms with Gasteiger partial charge in [0, 0.05) is 36.5 Å². The summed E-state index contributed by atoms with van der Waals surface area (Å²) >= 11 is 1.70. The van der Waals surface area contributed by atoms with Crippen LogP contribution in [0.4, 0.5) is 0 Å². The van der Waals surface area contributed by atoms with Crippen molar-refractivity contribution >= 4 is 28.1 Å². The van der Waals surface area contributed by atoms with Crippen molar-refractivity contribution in [2.45, 2.75) is 57.9 Å². The summed E-state index contributed by atoms with van der Waals surface area (Å²) in [7, 11) is 0. The molecular formula is C22H26N4O2S. The average molecular weight is 411 g/mol. The predicted octanol–water partition coefficient (Wildman–Crippen LogP) is 3.57. The lowest BCUT2D eigenvalue weighted by Crippen LogP contribution is -2.28. The van der Waals surface area contributed by atoms with Crippen molar-refractivity contribution in [3.8, 4) is 0 Å². The topological polar surface area (TPSA) is 76.9 Å². The predicted molar refractivity (Wildman–Crippen MR) is 115 cm³/mol. The number of benzene rings is 1. The molecule has 29 heavy (non-hydrogen) atoms. The average Bonchev–Trinajstić information content (AvgIpc) is 3.47. The Hall–Kier alpha value is -2.54. The number of thiazole rings is 1. The molecule has 152 valence electrons. The molecule has 1 aliphatic carbocycles. The third-order valence-corrected chi connectivity index (χ3v) is 6.20. The highest BCUT2D eigenvalue weighted by atomic mass is 32.1. The van der Waals surface area contributed by atoms with E-state index in [1.165, 1.54) is 0 Å². The molecule has 1 amide bonds. The molecule has 1 aliphatic rings. The van der Waals surface area contributed by atoms with E-state index in [0.717, 1.165) is 48.6 Å². The SMILES string of the molecule is Cc1csc(CCCCNC(=O)CCc2nc3ccccc3c(=O)n2C2CC2)n1. The molecule has 3 aromatic rings. The molecule has 1 aromatic carbocycles. The number of rotatable bonds is 9. The number of nitrogens with one attached hydrogen (secondary N) is 1. The quantitative estimate of drug-likeness (QED) is 0.547. The van der Waals surface area contributed by atoms with Crippen molar-refractivity contribution in [2.75, 3.05) is 6.54 Å². The number of carbonyl (C=O) groups excluding carboxylic acids is 1. The number of unbranched alkanes of at least 4 members (excludes halogenated alkanes) is 1. The van der Waals surface area contributed by atoms with E-state index < -0.39 is 0 Å². The number of hydrogen-bond acceptors (Lipinski definition) is 5. The van der Waals surface area contributed by atoms with Gasteiger partial charge in [-0.3, -0.25) is 14.2 Å². The second kappa shape index (κ2) is 8.86. The molecule has 0 atom stereocenters. The lowest BCUT2D eigenvalue weighted by atomic mass is 10.2. The van der Waals surface area contributed by atoms with Gasteiger partial charge in [-0.25, -0.2) is 9.97 Å². The number of nitrogens with zero attached hydrogens (tertiary/aromatic N) is 3. The Morgan fingerprint density at radius 3 is 2.79 bits per heavy atom. The Bertz CT molecular complexity index is 1070. The molecule has 7 heteroatoms. The van der Waals surface area contributed by atoms with E-state index >= 15 is 0 Å². The zero-order valence-electron chi connectivity index (χ0n) is 16.7. The number of hydrogen-bond donors (Lipinski definition) is 1. The summed E-state index contributed by atoms with van der Waals surface area (Å²) < 4.78 is 1.81. The van der Waals surface area contributed by atoms with Crippen LogP contribution in [0.2, 0.25) is 0 Å². The van der Waals surface area contributed by atoms with Gasteiger partial charge in [0.2, 0.25) is 5.91 Å². The zero-order chi connectivity index (χ0) is 20.2. The van der Waals surface area contributed by atoms with Crippen LogP contribution >= 0.6 is 11.3 Å². The summed E-state index contributed by atoms with van der Waals surface area (Å²) in [4.78, 5) is 34.3. The summed E-state index contributed by atoms with van der Waals surface area (Å²) in [6, 6.07) is 7.69. The molecule has 0 unspecified atom stereocenters. The fourth-order valence-electron chi connectivity index (χ4n) is 3.54. The smallest absolute Gasteiger partial charge is 0.261 e. The summed E-state index contributed by atoms with van der Waals surface area (Å²) in [5.74, 6) is 0.741. The largest absolute Gasteiger partial charge is 0.356 e. The Morgan fingerprint density at radius 1 is 1.21 bits per heavy atom. The monoisotopic (exact) mass is 410 g/mol. The van der Waals surface area contributed by atoms with Gasteiger partial charge in [-0.05, 0) is 51.2 Å². The second-order valence-corrected chi connectivity index (χ2v) is 8.58. The highest BCUT2D eigenvalue weighted by Crippen LogP contribution is 2.34. The molecule has 0 aliphatic heterocycles. The maximum atomic E-state index is 12.9. The van der Waals surface area contributed by atoms with E-state index in [2.05, 4.69) is 15.7 Å². The summed E-state index contributed by atoms with van der Waals surface area (Å²) in [5, 5.41) is 6.87. The molecule has 2 heterocycles. The highest BCUT2D eigenvalue weighted by molar-refractivity contribution is 7.09. The first-order valence-electron chi connectivity index (χ1n) is 10.3. The minimum Gasteiger partial charge on any atom is -0.356 e. The van der Waals surface area contributed by atoms with Gasteiger partial charge in [0.25, 0.3) is 5.56 Å². The number of carbonyl (C=O) groups is 1. The van der Waals surface area contributed by atoms with E-state index in [1.807, 2.05) is 35.8 Å². The number of aryl methyl sites for hydroxylation is 3. The molecule has 6 nitrogen and oxygen atoms in total. The van der Waals surface area contributed by atoms with E-state index in [0.29, 0.717) is 30.3 Å². The van der Waals surface area contributed by atoms with Crippen molar-refractivity contribution in [3.63, 3.8) is 0 Å². The standard InChI is InChI=1S/C22H26N4O2S/c1-15-14-29-21(24-15)8-4-5-13-23-20(27)12-11-19-25-18-7-3-2-6-17(18)22(28)26(19)16-9-10-16/h2-3,6-7,14,16H,4-5,8-13H2,1H3,(H,23,27). The van der Waals surface area contributed by atoms with Gasteiger partial charge >= 0.3 is 0 Å². The maximum Gasteiger partial charge on any atom is 0.261 e. The minimum absolute atomic E-state index is 0.0137. The van der Waals surface area contributed by atoms with Gasteiger partial charge in [0.1, 0.15) is 5.82 Å². The Labute approximate surface area is 174 Å². The molecule has 1 saturated carbocycles. The zero-order valence-corrected chi connectivity index (χ0v) is 17.5. The molecule has 2 aromatic heterocycles. The molecule has 1 N–H and O–H groups in total. The van der Waals surface area contributed by atoms with Crippen LogP contribution in [0.25, 0.3) is 10.9 Å². The molecular weight excluding hydrogens is 384 g/mol. The van der Waals surface area contributed by atoms with Crippen molar-refractivity contribution in [1.82, 2.24) is 19.9 Å². The number of amides is 1. The maximum absolute atomic E-state index is 12.9. The van der Waals surface area contributed by atoms with Crippen LogP contribution < -0.4 is 10.9 Å². The van der Waals surface area contributed by atoms with E-state index in [9.17, 15) is 9.59 Å². The molecule has 1 fully saturated rings. The van der Waals surface area contributed by atoms with Crippen molar-refractivity contribution in [3.05, 3.63) is 56.5 Å². The van der Waals surface area contributed by atoms with E-state index in [1.54, 1.807) is 11.3 Å². The Kier molecular flexibility index (Phi) is 6.04. The van der Waals surface area contributed by atoms with Gasteiger partial charge in [-0.2, -0.15) is 0 Å². The molecule has 0 spiro atoms. The van der Waals surface area contributed by atoms with Gasteiger partial charge in [-0.1, -0.05) is 12.1 Å². The molecule has 0 radical (unpaired) electrons. The van der Waals surface area contributed by atoms with E-state index in [-0.39, 0.29) is 17.5 Å². The van der Waals surface area contributed by atoms with Gasteiger partial charge in [0.05, 0.1) is 15.9 Å². The first kappa shape index (κ1) is 19.8. The fraction of sp³-hybridized carbons (Fsp3) is 0.455. The Balaban J connectivity index is 1.29. The van der Waals surface area contributed by atoms with Crippen LogP contribution in [-0.2, 0) is 17.6 Å². The number of para-hydroxylation sites is 1. The van der Waals surface area contributed by atoms with Crippen LogP contribution in [0.3, 0.4) is 0 Å². The Morgan fingerprint density at radius 2 is 2.03 bits per heavy atom. The minimum atomic E-state index is 0.0137. The van der Waals surface area contributed by atoms with Crippen LogP contribution in [0.15, 0.2) is 34.4 Å². The van der Waals surface area contributed by atoms with Crippen LogP contribution in [0.5, 0.6) is 0 Å². The number of fused-ring (bicyclic) bond motifs is 1. The lowest BCUT2D eigenvalue weighted by molar-refractivity contribution is -0.121. The van der Waals surface area contributed by atoms with E-state index in [4.69, 9.17) is 4.98 Å².